The van der Waals surface area contributed by atoms with Crippen LogP contribution in [-0.2, 0) is 16.0 Å². The largest absolute Gasteiger partial charge is 0.468 e. The minimum Gasteiger partial charge on any atom is -0.468 e. The number of hydrogen-bond acceptors (Lipinski definition) is 4. The molecular weight excluding hydrogens is 302 g/mol. The van der Waals surface area contributed by atoms with Gasteiger partial charge in [-0.25, -0.2) is 0 Å². The molecule has 0 saturated carbocycles. The number of alkyl halides is 1. The van der Waals surface area contributed by atoms with Crippen LogP contribution in [0.5, 0.6) is 0 Å². The first-order valence-corrected chi connectivity index (χ1v) is 6.41. The van der Waals surface area contributed by atoms with Crippen molar-refractivity contribution in [2.75, 3.05) is 7.11 Å². The summed E-state index contributed by atoms with van der Waals surface area (Å²) < 4.78 is 4.60. The average Bonchev–Trinajstić information content (AvgIpc) is 2.38. The predicted molar refractivity (Wildman–Crippen MR) is 70.8 cm³/mol. The minimum absolute atomic E-state index is 0.0895. The molecule has 6 heteroatoms. The van der Waals surface area contributed by atoms with E-state index in [9.17, 15) is 14.9 Å². The van der Waals surface area contributed by atoms with Crippen molar-refractivity contribution in [3.8, 4) is 0 Å². The van der Waals surface area contributed by atoms with E-state index in [0.29, 0.717) is 6.42 Å². The van der Waals surface area contributed by atoms with Crippen molar-refractivity contribution < 1.29 is 14.5 Å². The van der Waals surface area contributed by atoms with E-state index in [-0.39, 0.29) is 16.5 Å². The molecular formula is C12H14BrNO4. The molecule has 5 nitrogen and oxygen atoms in total. The average molecular weight is 316 g/mol. The zero-order valence-electron chi connectivity index (χ0n) is 9.97. The minimum atomic E-state index is -0.421. The highest BCUT2D eigenvalue weighted by atomic mass is 79.9. The molecule has 1 atom stereocenters. The van der Waals surface area contributed by atoms with Crippen LogP contribution in [0.4, 0.5) is 5.69 Å². The number of rotatable bonds is 6. The quantitative estimate of drug-likeness (QED) is 0.350. The molecule has 0 saturated heterocycles. The Morgan fingerprint density at radius 2 is 2.06 bits per heavy atom. The SMILES string of the molecule is COC(=O)C(Br)CCCc1ccc([N+](=O)[O-])cc1. The van der Waals surface area contributed by atoms with Crippen LogP contribution in [0.2, 0.25) is 0 Å². The van der Waals surface area contributed by atoms with Crippen LogP contribution < -0.4 is 0 Å². The molecule has 1 rings (SSSR count). The van der Waals surface area contributed by atoms with E-state index in [1.165, 1.54) is 19.2 Å². The maximum atomic E-state index is 11.1. The van der Waals surface area contributed by atoms with E-state index < -0.39 is 4.92 Å². The Kier molecular flexibility index (Phi) is 5.77. The fraction of sp³-hybridized carbons (Fsp3) is 0.417. The first-order valence-electron chi connectivity index (χ1n) is 5.50. The van der Waals surface area contributed by atoms with Gasteiger partial charge in [0.25, 0.3) is 5.69 Å². The number of nitrogens with zero attached hydrogens (tertiary/aromatic N) is 1. The molecule has 0 N–H and O–H groups in total. The van der Waals surface area contributed by atoms with Gasteiger partial charge in [-0.05, 0) is 24.8 Å². The zero-order valence-corrected chi connectivity index (χ0v) is 11.6. The number of methoxy groups -OCH3 is 1. The molecule has 0 radical (unpaired) electrons. The van der Waals surface area contributed by atoms with Gasteiger partial charge in [0.05, 0.1) is 12.0 Å². The Morgan fingerprint density at radius 1 is 1.44 bits per heavy atom. The molecule has 0 spiro atoms. The topological polar surface area (TPSA) is 69.4 Å². The molecule has 1 unspecified atom stereocenters. The van der Waals surface area contributed by atoms with Crippen LogP contribution in [0.1, 0.15) is 18.4 Å². The number of esters is 1. The lowest BCUT2D eigenvalue weighted by molar-refractivity contribution is -0.384. The van der Waals surface area contributed by atoms with Crippen LogP contribution in [0, 0.1) is 10.1 Å². The van der Waals surface area contributed by atoms with E-state index in [1.54, 1.807) is 12.1 Å². The van der Waals surface area contributed by atoms with Crippen molar-refractivity contribution in [3.05, 3.63) is 39.9 Å². The van der Waals surface area contributed by atoms with Crippen molar-refractivity contribution in [2.24, 2.45) is 0 Å². The Morgan fingerprint density at radius 3 is 2.56 bits per heavy atom. The normalized spacial score (nSPS) is 11.9. The van der Waals surface area contributed by atoms with Crippen LogP contribution in [0.3, 0.4) is 0 Å². The van der Waals surface area contributed by atoms with Crippen LogP contribution in [-0.4, -0.2) is 22.8 Å². The van der Waals surface area contributed by atoms with Crippen molar-refractivity contribution in [1.29, 1.82) is 0 Å². The van der Waals surface area contributed by atoms with Crippen LogP contribution in [0.25, 0.3) is 0 Å². The van der Waals surface area contributed by atoms with Crippen LogP contribution >= 0.6 is 15.9 Å². The van der Waals surface area contributed by atoms with Gasteiger partial charge in [0, 0.05) is 12.1 Å². The Balaban J connectivity index is 2.40. The lowest BCUT2D eigenvalue weighted by Gasteiger charge is -2.07. The molecule has 0 amide bonds. The summed E-state index contributed by atoms with van der Waals surface area (Å²) in [7, 11) is 1.35. The molecule has 0 aliphatic rings. The molecule has 98 valence electrons. The molecule has 0 fully saturated rings. The number of ether oxygens (including phenoxy) is 1. The number of aryl methyl sites for hydroxylation is 1. The summed E-state index contributed by atoms with van der Waals surface area (Å²) in [5.41, 5.74) is 1.11. The first kappa shape index (κ1) is 14.6. The summed E-state index contributed by atoms with van der Waals surface area (Å²) in [4.78, 5) is 20.9. The molecule has 0 bridgehead atoms. The highest BCUT2D eigenvalue weighted by Crippen LogP contribution is 2.16. The smallest absolute Gasteiger partial charge is 0.319 e. The third-order valence-corrected chi connectivity index (χ3v) is 3.36. The first-order chi connectivity index (χ1) is 8.54. The van der Waals surface area contributed by atoms with Gasteiger partial charge in [-0.3, -0.25) is 14.9 Å². The van der Waals surface area contributed by atoms with Gasteiger partial charge >= 0.3 is 5.97 Å². The van der Waals surface area contributed by atoms with Crippen LogP contribution in [0.15, 0.2) is 24.3 Å². The number of hydrogen-bond donors (Lipinski definition) is 0. The summed E-state index contributed by atoms with van der Waals surface area (Å²) in [6.07, 6.45) is 2.25. The maximum Gasteiger partial charge on any atom is 0.319 e. The Hall–Kier alpha value is -1.43. The summed E-state index contributed by atoms with van der Waals surface area (Å²) in [6, 6.07) is 6.45. The van der Waals surface area contributed by atoms with E-state index in [1.807, 2.05) is 0 Å². The fourth-order valence-electron chi connectivity index (χ4n) is 1.52. The zero-order chi connectivity index (χ0) is 13.5. The van der Waals surface area contributed by atoms with Crippen molar-refractivity contribution in [1.82, 2.24) is 0 Å². The molecule has 1 aromatic carbocycles. The number of benzene rings is 1. The van der Waals surface area contributed by atoms with Gasteiger partial charge < -0.3 is 4.74 Å². The third-order valence-electron chi connectivity index (χ3n) is 2.53. The summed E-state index contributed by atoms with van der Waals surface area (Å²) in [5.74, 6) is -0.279. The highest BCUT2D eigenvalue weighted by molar-refractivity contribution is 9.10. The lowest BCUT2D eigenvalue weighted by atomic mass is 10.1. The number of carbonyl (C=O) groups excluding carboxylic acids is 1. The van der Waals surface area contributed by atoms with E-state index in [0.717, 1.165) is 18.4 Å². The Labute approximate surface area is 113 Å². The van der Waals surface area contributed by atoms with Gasteiger partial charge in [0.2, 0.25) is 0 Å². The summed E-state index contributed by atoms with van der Waals surface area (Å²) in [5, 5.41) is 10.5. The monoisotopic (exact) mass is 315 g/mol. The summed E-state index contributed by atoms with van der Waals surface area (Å²) >= 11 is 3.24. The number of non-ortho nitro benzene ring substituents is 1. The Bertz CT molecular complexity index is 419. The second kappa shape index (κ2) is 7.10. The van der Waals surface area contributed by atoms with E-state index >= 15 is 0 Å². The second-order valence-electron chi connectivity index (χ2n) is 3.81. The van der Waals surface area contributed by atoms with Gasteiger partial charge in [0.15, 0.2) is 0 Å². The number of halogens is 1. The van der Waals surface area contributed by atoms with Crippen molar-refractivity contribution in [3.63, 3.8) is 0 Å². The van der Waals surface area contributed by atoms with Crippen molar-refractivity contribution >= 4 is 27.6 Å². The van der Waals surface area contributed by atoms with E-state index in [4.69, 9.17) is 0 Å². The predicted octanol–water partition coefficient (Wildman–Crippen LogP) is 2.85. The van der Waals surface area contributed by atoms with Gasteiger partial charge in [-0.15, -0.1) is 0 Å². The molecule has 0 aliphatic carbocycles. The highest BCUT2D eigenvalue weighted by Gasteiger charge is 2.14. The molecule has 0 aliphatic heterocycles. The van der Waals surface area contributed by atoms with Crippen molar-refractivity contribution in [2.45, 2.75) is 24.1 Å². The molecule has 1 aromatic rings. The number of nitro groups is 1. The number of nitro benzene ring substituents is 1. The van der Waals surface area contributed by atoms with Gasteiger partial charge in [-0.2, -0.15) is 0 Å². The van der Waals surface area contributed by atoms with E-state index in [2.05, 4.69) is 20.7 Å². The summed E-state index contributed by atoms with van der Waals surface area (Å²) in [6.45, 7) is 0. The molecule has 0 heterocycles. The number of carbonyl (C=O) groups is 1. The fourth-order valence-corrected chi connectivity index (χ4v) is 2.03. The maximum absolute atomic E-state index is 11.1. The van der Waals surface area contributed by atoms with Gasteiger partial charge in [0.1, 0.15) is 4.83 Å². The van der Waals surface area contributed by atoms with Gasteiger partial charge in [-0.1, -0.05) is 28.1 Å². The molecule has 0 aromatic heterocycles. The second-order valence-corrected chi connectivity index (χ2v) is 4.91. The lowest BCUT2D eigenvalue weighted by Crippen LogP contribution is -2.15. The third kappa shape index (κ3) is 4.44. The standard InChI is InChI=1S/C12H14BrNO4/c1-18-12(15)11(13)4-2-3-9-5-7-10(8-6-9)14(16)17/h5-8,11H,2-4H2,1H3. The molecule has 18 heavy (non-hydrogen) atoms.